The molecule has 174 valence electrons. The number of hydrogen-bond donors (Lipinski definition) is 1. The Balaban J connectivity index is 1.50. The Bertz CT molecular complexity index is 1280. The second kappa shape index (κ2) is 10.8. The second-order valence-electron chi connectivity index (χ2n) is 7.47. The average molecular weight is 497 g/mol. The molecule has 1 aliphatic rings. The van der Waals surface area contributed by atoms with Gasteiger partial charge in [-0.05, 0) is 84.8 Å². The third kappa shape index (κ3) is 5.98. The Morgan fingerprint density at radius 2 is 1.85 bits per heavy atom. The van der Waals surface area contributed by atoms with Gasteiger partial charge in [0.25, 0.3) is 5.91 Å². The number of ether oxygens (including phenoxy) is 2. The van der Waals surface area contributed by atoms with Crippen LogP contribution < -0.4 is 14.8 Å². The molecule has 4 rings (SSSR count). The maximum atomic E-state index is 13.1. The molecule has 1 aliphatic heterocycles. The van der Waals surface area contributed by atoms with Crippen molar-refractivity contribution in [3.8, 4) is 11.5 Å². The number of amides is 1. The second-order valence-corrected chi connectivity index (χ2v) is 8.91. The standard InChI is InChI=1S/C26H22ClFN2O3S/c1-3-32-23-12-18(7-11-22(23)33-15-17-5-8-19(28)9-6-17)13-24-25(31)30-26(34-24)29-20-10-4-16(2)21(27)14-20/h4-14H,3,15H2,1-2H3,(H,29,30,31)/b24-13-. The summed E-state index contributed by atoms with van der Waals surface area (Å²) in [7, 11) is 0. The molecule has 1 heterocycles. The number of amidine groups is 1. The first-order valence-corrected chi connectivity index (χ1v) is 11.8. The Morgan fingerprint density at radius 3 is 2.59 bits per heavy atom. The molecule has 1 saturated heterocycles. The minimum atomic E-state index is -0.291. The number of nitrogens with one attached hydrogen (secondary N) is 1. The van der Waals surface area contributed by atoms with Crippen LogP contribution in [0.3, 0.4) is 0 Å². The van der Waals surface area contributed by atoms with Gasteiger partial charge in [-0.1, -0.05) is 35.9 Å². The molecular weight excluding hydrogens is 475 g/mol. The van der Waals surface area contributed by atoms with Gasteiger partial charge >= 0.3 is 0 Å². The molecular formula is C26H22ClFN2O3S. The summed E-state index contributed by atoms with van der Waals surface area (Å²) in [4.78, 5) is 17.5. The number of thioether (sulfide) groups is 1. The molecule has 3 aromatic carbocycles. The zero-order valence-corrected chi connectivity index (χ0v) is 20.2. The maximum Gasteiger partial charge on any atom is 0.264 e. The van der Waals surface area contributed by atoms with Crippen molar-refractivity contribution in [2.45, 2.75) is 20.5 Å². The monoisotopic (exact) mass is 496 g/mol. The number of benzene rings is 3. The summed E-state index contributed by atoms with van der Waals surface area (Å²) in [6.45, 7) is 4.54. The Kier molecular flexibility index (Phi) is 7.55. The Hall–Kier alpha value is -3.29. The number of aliphatic imine (C=N–C) groups is 1. The fourth-order valence-electron chi connectivity index (χ4n) is 3.14. The van der Waals surface area contributed by atoms with E-state index in [1.165, 1.54) is 23.9 Å². The normalized spacial score (nSPS) is 15.6. The zero-order chi connectivity index (χ0) is 24.1. The molecule has 3 aromatic rings. The number of halogens is 2. The van der Waals surface area contributed by atoms with Crippen molar-refractivity contribution < 1.29 is 18.7 Å². The van der Waals surface area contributed by atoms with E-state index in [0.29, 0.717) is 38.9 Å². The predicted octanol–water partition coefficient (Wildman–Crippen LogP) is 6.66. The largest absolute Gasteiger partial charge is 0.490 e. The fraction of sp³-hybridized carbons (Fsp3) is 0.154. The molecule has 0 saturated carbocycles. The third-order valence-corrected chi connectivity index (χ3v) is 6.23. The quantitative estimate of drug-likeness (QED) is 0.372. The molecule has 1 fully saturated rings. The van der Waals surface area contributed by atoms with Crippen LogP contribution in [-0.2, 0) is 11.4 Å². The van der Waals surface area contributed by atoms with E-state index in [2.05, 4.69) is 10.3 Å². The van der Waals surface area contributed by atoms with Crippen LogP contribution in [-0.4, -0.2) is 17.7 Å². The van der Waals surface area contributed by atoms with Gasteiger partial charge in [-0.25, -0.2) is 9.38 Å². The topological polar surface area (TPSA) is 59.9 Å². The van der Waals surface area contributed by atoms with Crippen LogP contribution in [0.1, 0.15) is 23.6 Å². The van der Waals surface area contributed by atoms with E-state index < -0.39 is 0 Å². The van der Waals surface area contributed by atoms with E-state index in [1.807, 2.05) is 38.1 Å². The molecule has 0 atom stereocenters. The van der Waals surface area contributed by atoms with E-state index in [-0.39, 0.29) is 18.3 Å². The van der Waals surface area contributed by atoms with Crippen LogP contribution in [0.5, 0.6) is 11.5 Å². The fourth-order valence-corrected chi connectivity index (χ4v) is 4.16. The van der Waals surface area contributed by atoms with Gasteiger partial charge < -0.3 is 14.8 Å². The van der Waals surface area contributed by atoms with Crippen molar-refractivity contribution in [2.24, 2.45) is 4.99 Å². The molecule has 0 unspecified atom stereocenters. The SMILES string of the molecule is CCOc1cc(/C=C2\SC(=Nc3ccc(C)c(Cl)c3)NC2=O)ccc1OCc1ccc(F)cc1. The summed E-state index contributed by atoms with van der Waals surface area (Å²) in [5.41, 5.74) is 3.26. The van der Waals surface area contributed by atoms with Gasteiger partial charge in [0, 0.05) is 5.02 Å². The highest BCUT2D eigenvalue weighted by molar-refractivity contribution is 8.18. The number of hydrogen-bond acceptors (Lipinski definition) is 5. The first-order valence-electron chi connectivity index (χ1n) is 10.6. The summed E-state index contributed by atoms with van der Waals surface area (Å²) >= 11 is 7.42. The van der Waals surface area contributed by atoms with E-state index in [1.54, 1.807) is 30.3 Å². The highest BCUT2D eigenvalue weighted by Crippen LogP contribution is 2.33. The van der Waals surface area contributed by atoms with Crippen LogP contribution in [0.25, 0.3) is 6.08 Å². The molecule has 0 bridgehead atoms. The Morgan fingerprint density at radius 1 is 1.06 bits per heavy atom. The number of rotatable bonds is 7. The number of carbonyl (C=O) groups is 1. The van der Waals surface area contributed by atoms with Crippen LogP contribution in [0.15, 0.2) is 70.6 Å². The van der Waals surface area contributed by atoms with Crippen molar-refractivity contribution >= 4 is 46.2 Å². The lowest BCUT2D eigenvalue weighted by atomic mass is 10.2. The Labute approximate surface area is 206 Å². The molecule has 0 aliphatic carbocycles. The van der Waals surface area contributed by atoms with Gasteiger partial charge in [-0.3, -0.25) is 4.79 Å². The summed E-state index contributed by atoms with van der Waals surface area (Å²) < 4.78 is 24.7. The highest BCUT2D eigenvalue weighted by atomic mass is 35.5. The van der Waals surface area contributed by atoms with Crippen molar-refractivity contribution in [1.82, 2.24) is 5.32 Å². The van der Waals surface area contributed by atoms with Gasteiger partial charge in [0.1, 0.15) is 12.4 Å². The molecule has 0 spiro atoms. The van der Waals surface area contributed by atoms with Crippen molar-refractivity contribution in [3.63, 3.8) is 0 Å². The van der Waals surface area contributed by atoms with E-state index in [9.17, 15) is 9.18 Å². The molecule has 8 heteroatoms. The molecule has 5 nitrogen and oxygen atoms in total. The van der Waals surface area contributed by atoms with Crippen LogP contribution in [0.4, 0.5) is 10.1 Å². The number of aryl methyl sites for hydroxylation is 1. The van der Waals surface area contributed by atoms with Gasteiger partial charge in [0.2, 0.25) is 0 Å². The number of carbonyl (C=O) groups excluding carboxylic acids is 1. The molecule has 0 aromatic heterocycles. The average Bonchev–Trinajstić information content (AvgIpc) is 3.15. The smallest absolute Gasteiger partial charge is 0.264 e. The van der Waals surface area contributed by atoms with Crippen molar-refractivity contribution in [2.75, 3.05) is 6.61 Å². The maximum absolute atomic E-state index is 13.1. The first-order chi connectivity index (χ1) is 16.4. The molecule has 1 N–H and O–H groups in total. The number of nitrogens with zero attached hydrogens (tertiary/aromatic N) is 1. The third-order valence-electron chi connectivity index (χ3n) is 4.91. The summed E-state index contributed by atoms with van der Waals surface area (Å²) in [5.74, 6) is 0.610. The minimum absolute atomic E-state index is 0.225. The zero-order valence-electron chi connectivity index (χ0n) is 18.6. The van der Waals surface area contributed by atoms with Crippen LogP contribution in [0, 0.1) is 12.7 Å². The van der Waals surface area contributed by atoms with E-state index in [4.69, 9.17) is 21.1 Å². The van der Waals surface area contributed by atoms with Crippen LogP contribution in [0.2, 0.25) is 5.02 Å². The lowest BCUT2D eigenvalue weighted by Crippen LogP contribution is -2.19. The summed E-state index contributed by atoms with van der Waals surface area (Å²) in [5, 5.41) is 3.89. The molecule has 1 amide bonds. The van der Waals surface area contributed by atoms with Gasteiger partial charge in [-0.2, -0.15) is 0 Å². The van der Waals surface area contributed by atoms with Gasteiger partial charge in [-0.15, -0.1) is 0 Å². The van der Waals surface area contributed by atoms with E-state index in [0.717, 1.165) is 16.7 Å². The summed E-state index contributed by atoms with van der Waals surface area (Å²) in [6, 6.07) is 17.1. The molecule has 0 radical (unpaired) electrons. The molecule has 34 heavy (non-hydrogen) atoms. The van der Waals surface area contributed by atoms with Gasteiger partial charge in [0.05, 0.1) is 17.2 Å². The lowest BCUT2D eigenvalue weighted by molar-refractivity contribution is -0.115. The predicted molar refractivity (Wildman–Crippen MR) is 135 cm³/mol. The lowest BCUT2D eigenvalue weighted by Gasteiger charge is -2.13. The van der Waals surface area contributed by atoms with Crippen LogP contribution >= 0.6 is 23.4 Å². The van der Waals surface area contributed by atoms with Gasteiger partial charge in [0.15, 0.2) is 16.7 Å². The summed E-state index contributed by atoms with van der Waals surface area (Å²) in [6.07, 6.45) is 1.77. The highest BCUT2D eigenvalue weighted by Gasteiger charge is 2.24. The van der Waals surface area contributed by atoms with Crippen molar-refractivity contribution in [3.05, 3.63) is 93.1 Å². The first kappa shape index (κ1) is 23.9. The van der Waals surface area contributed by atoms with Crippen molar-refractivity contribution in [1.29, 1.82) is 0 Å². The van der Waals surface area contributed by atoms with E-state index >= 15 is 0 Å². The minimum Gasteiger partial charge on any atom is -0.490 e.